The van der Waals surface area contributed by atoms with Gasteiger partial charge in [0.25, 0.3) is 0 Å². The molecule has 0 amide bonds. The van der Waals surface area contributed by atoms with Crippen LogP contribution in [-0.4, -0.2) is 8.42 Å². The standard InChI is InChI=1S/C15H16ClNO2S/c1-2-12-6-8-15(9-7-12)20(18,19)17-11-13-4-3-5-14(16)10-13/h3-10,17H,2,11H2,1H3. The van der Waals surface area contributed by atoms with Crippen molar-refractivity contribution in [3.8, 4) is 0 Å². The van der Waals surface area contributed by atoms with Gasteiger partial charge in [0.15, 0.2) is 0 Å². The van der Waals surface area contributed by atoms with Crippen molar-refractivity contribution in [2.75, 3.05) is 0 Å². The molecule has 0 bridgehead atoms. The fourth-order valence-corrected chi connectivity index (χ4v) is 3.04. The van der Waals surface area contributed by atoms with E-state index in [2.05, 4.69) is 4.72 Å². The van der Waals surface area contributed by atoms with Crippen molar-refractivity contribution >= 4 is 21.6 Å². The zero-order valence-electron chi connectivity index (χ0n) is 11.1. The number of benzene rings is 2. The van der Waals surface area contributed by atoms with E-state index in [1.807, 2.05) is 25.1 Å². The van der Waals surface area contributed by atoms with Crippen LogP contribution in [0, 0.1) is 0 Å². The van der Waals surface area contributed by atoms with Gasteiger partial charge in [0, 0.05) is 11.6 Å². The van der Waals surface area contributed by atoms with E-state index in [4.69, 9.17) is 11.6 Å². The lowest BCUT2D eigenvalue weighted by Gasteiger charge is -2.07. The summed E-state index contributed by atoms with van der Waals surface area (Å²) in [4.78, 5) is 0.275. The van der Waals surface area contributed by atoms with Crippen LogP contribution in [0.15, 0.2) is 53.4 Å². The first kappa shape index (κ1) is 15.0. The molecule has 0 spiro atoms. The molecule has 1 N–H and O–H groups in total. The largest absolute Gasteiger partial charge is 0.240 e. The third-order valence-corrected chi connectivity index (χ3v) is 4.65. The molecule has 106 valence electrons. The molecule has 20 heavy (non-hydrogen) atoms. The second-order valence-corrected chi connectivity index (χ2v) is 6.66. The predicted octanol–water partition coefficient (Wildman–Crippen LogP) is 3.38. The number of sulfonamides is 1. The molecule has 0 saturated carbocycles. The second-order valence-electron chi connectivity index (χ2n) is 4.45. The Kier molecular flexibility index (Phi) is 4.81. The molecule has 0 heterocycles. The summed E-state index contributed by atoms with van der Waals surface area (Å²) >= 11 is 5.87. The van der Waals surface area contributed by atoms with Gasteiger partial charge < -0.3 is 0 Å². The topological polar surface area (TPSA) is 46.2 Å². The molecule has 0 aromatic heterocycles. The highest BCUT2D eigenvalue weighted by Crippen LogP contribution is 2.13. The van der Waals surface area contributed by atoms with E-state index in [1.54, 1.807) is 30.3 Å². The van der Waals surface area contributed by atoms with Crippen molar-refractivity contribution in [1.29, 1.82) is 0 Å². The number of rotatable bonds is 5. The molecular weight excluding hydrogens is 294 g/mol. The first-order chi connectivity index (χ1) is 9.51. The molecule has 0 radical (unpaired) electrons. The number of halogens is 1. The van der Waals surface area contributed by atoms with Crippen molar-refractivity contribution in [1.82, 2.24) is 4.72 Å². The number of aryl methyl sites for hydroxylation is 1. The van der Waals surface area contributed by atoms with Crippen LogP contribution in [0.4, 0.5) is 0 Å². The predicted molar refractivity (Wildman–Crippen MR) is 81.3 cm³/mol. The maximum Gasteiger partial charge on any atom is 0.240 e. The average Bonchev–Trinajstić information content (AvgIpc) is 2.45. The Balaban J connectivity index is 2.10. The van der Waals surface area contributed by atoms with E-state index in [-0.39, 0.29) is 11.4 Å². The summed E-state index contributed by atoms with van der Waals surface area (Å²) in [6.45, 7) is 2.25. The summed E-state index contributed by atoms with van der Waals surface area (Å²) in [5.74, 6) is 0. The average molecular weight is 310 g/mol. The second kappa shape index (κ2) is 6.39. The van der Waals surface area contributed by atoms with Crippen LogP contribution in [0.1, 0.15) is 18.1 Å². The van der Waals surface area contributed by atoms with Crippen molar-refractivity contribution in [3.05, 3.63) is 64.7 Å². The van der Waals surface area contributed by atoms with Gasteiger partial charge in [-0.15, -0.1) is 0 Å². The highest BCUT2D eigenvalue weighted by molar-refractivity contribution is 7.89. The summed E-state index contributed by atoms with van der Waals surface area (Å²) in [7, 11) is -3.49. The lowest BCUT2D eigenvalue weighted by atomic mass is 10.2. The van der Waals surface area contributed by atoms with Gasteiger partial charge in [-0.05, 0) is 41.8 Å². The van der Waals surface area contributed by atoms with Crippen LogP contribution in [0.2, 0.25) is 5.02 Å². The SMILES string of the molecule is CCc1ccc(S(=O)(=O)NCc2cccc(Cl)c2)cc1. The maximum atomic E-state index is 12.1. The number of nitrogens with one attached hydrogen (secondary N) is 1. The van der Waals surface area contributed by atoms with E-state index >= 15 is 0 Å². The Morgan fingerprint density at radius 2 is 1.75 bits per heavy atom. The van der Waals surface area contributed by atoms with Gasteiger partial charge in [0.2, 0.25) is 10.0 Å². The molecule has 0 aliphatic carbocycles. The molecule has 0 aliphatic rings. The summed E-state index contributed by atoms with van der Waals surface area (Å²) in [5.41, 5.74) is 1.94. The molecule has 0 saturated heterocycles. The van der Waals surface area contributed by atoms with Crippen LogP contribution >= 0.6 is 11.6 Å². The van der Waals surface area contributed by atoms with Gasteiger partial charge in [-0.25, -0.2) is 13.1 Å². The van der Waals surface area contributed by atoms with E-state index in [0.717, 1.165) is 17.5 Å². The summed E-state index contributed by atoms with van der Waals surface area (Å²) in [6, 6.07) is 14.0. The van der Waals surface area contributed by atoms with Crippen LogP contribution in [0.5, 0.6) is 0 Å². The highest BCUT2D eigenvalue weighted by Gasteiger charge is 2.13. The number of hydrogen-bond acceptors (Lipinski definition) is 2. The normalized spacial score (nSPS) is 11.5. The molecule has 2 rings (SSSR count). The quantitative estimate of drug-likeness (QED) is 0.920. The first-order valence-corrected chi connectivity index (χ1v) is 8.20. The lowest BCUT2D eigenvalue weighted by molar-refractivity contribution is 0.581. The van der Waals surface area contributed by atoms with Gasteiger partial charge in [0.1, 0.15) is 0 Å². The van der Waals surface area contributed by atoms with Crippen LogP contribution < -0.4 is 4.72 Å². The minimum absolute atomic E-state index is 0.221. The third-order valence-electron chi connectivity index (χ3n) is 3.00. The van der Waals surface area contributed by atoms with Gasteiger partial charge in [0.05, 0.1) is 4.90 Å². The summed E-state index contributed by atoms with van der Waals surface area (Å²) in [6.07, 6.45) is 0.885. The first-order valence-electron chi connectivity index (χ1n) is 6.34. The molecule has 2 aromatic carbocycles. The van der Waals surface area contributed by atoms with Crippen LogP contribution in [0.3, 0.4) is 0 Å². The minimum Gasteiger partial charge on any atom is -0.207 e. The van der Waals surface area contributed by atoms with Crippen LogP contribution in [0.25, 0.3) is 0 Å². The molecule has 3 nitrogen and oxygen atoms in total. The van der Waals surface area contributed by atoms with Crippen molar-refractivity contribution < 1.29 is 8.42 Å². The Bertz CT molecular complexity index is 681. The fraction of sp³-hybridized carbons (Fsp3) is 0.200. The minimum atomic E-state index is -3.49. The lowest BCUT2D eigenvalue weighted by Crippen LogP contribution is -2.23. The Morgan fingerprint density at radius 3 is 2.35 bits per heavy atom. The van der Waals surface area contributed by atoms with Gasteiger partial charge in [-0.2, -0.15) is 0 Å². The van der Waals surface area contributed by atoms with Crippen molar-refractivity contribution in [2.45, 2.75) is 24.8 Å². The molecule has 0 unspecified atom stereocenters. The highest BCUT2D eigenvalue weighted by atomic mass is 35.5. The zero-order valence-corrected chi connectivity index (χ0v) is 12.7. The zero-order chi connectivity index (χ0) is 14.6. The molecule has 0 atom stereocenters. The van der Waals surface area contributed by atoms with Gasteiger partial charge in [-0.3, -0.25) is 0 Å². The fourth-order valence-electron chi connectivity index (χ4n) is 1.81. The van der Waals surface area contributed by atoms with E-state index < -0.39 is 10.0 Å². The van der Waals surface area contributed by atoms with E-state index in [9.17, 15) is 8.42 Å². The monoisotopic (exact) mass is 309 g/mol. The van der Waals surface area contributed by atoms with Gasteiger partial charge in [-0.1, -0.05) is 42.8 Å². The summed E-state index contributed by atoms with van der Waals surface area (Å²) < 4.78 is 26.9. The Hall–Kier alpha value is -1.36. The Morgan fingerprint density at radius 1 is 1.05 bits per heavy atom. The smallest absolute Gasteiger partial charge is 0.207 e. The van der Waals surface area contributed by atoms with E-state index in [0.29, 0.717) is 5.02 Å². The number of hydrogen-bond donors (Lipinski definition) is 1. The Labute approximate surface area is 124 Å². The molecule has 0 fully saturated rings. The van der Waals surface area contributed by atoms with E-state index in [1.165, 1.54) is 0 Å². The molecule has 0 aliphatic heterocycles. The van der Waals surface area contributed by atoms with Crippen molar-refractivity contribution in [2.24, 2.45) is 0 Å². The molecule has 2 aromatic rings. The van der Waals surface area contributed by atoms with Crippen molar-refractivity contribution in [3.63, 3.8) is 0 Å². The molecular formula is C15H16ClNO2S. The van der Waals surface area contributed by atoms with Gasteiger partial charge >= 0.3 is 0 Å². The summed E-state index contributed by atoms with van der Waals surface area (Å²) in [5, 5.41) is 0.592. The third kappa shape index (κ3) is 3.82. The maximum absolute atomic E-state index is 12.1. The molecule has 5 heteroatoms. The van der Waals surface area contributed by atoms with Crippen LogP contribution in [-0.2, 0) is 23.0 Å².